The first-order valence-electron chi connectivity index (χ1n) is 7.09. The number of nitrogens with one attached hydrogen (secondary N) is 2. The Morgan fingerprint density at radius 2 is 2.14 bits per heavy atom. The Morgan fingerprint density at radius 1 is 1.43 bits per heavy atom. The number of carbonyl (C=O) groups is 2. The summed E-state index contributed by atoms with van der Waals surface area (Å²) >= 11 is 0. The fourth-order valence-corrected chi connectivity index (χ4v) is 2.28. The fourth-order valence-electron chi connectivity index (χ4n) is 2.28. The largest absolute Gasteiger partial charge is 0.354 e. The second kappa shape index (κ2) is 7.17. The molecule has 6 heteroatoms. The molecule has 0 spiro atoms. The summed E-state index contributed by atoms with van der Waals surface area (Å²) < 4.78 is 12.8. The van der Waals surface area contributed by atoms with Gasteiger partial charge in [-0.05, 0) is 31.0 Å². The van der Waals surface area contributed by atoms with Gasteiger partial charge >= 0.3 is 0 Å². The average molecular weight is 293 g/mol. The lowest BCUT2D eigenvalue weighted by Crippen LogP contribution is -2.55. The van der Waals surface area contributed by atoms with Gasteiger partial charge in [0.25, 0.3) is 0 Å². The van der Waals surface area contributed by atoms with Crippen LogP contribution in [0.5, 0.6) is 0 Å². The summed E-state index contributed by atoms with van der Waals surface area (Å²) in [5.74, 6) is -0.404. The van der Waals surface area contributed by atoms with Gasteiger partial charge in [0, 0.05) is 19.6 Å². The van der Waals surface area contributed by atoms with Gasteiger partial charge in [-0.2, -0.15) is 0 Å². The van der Waals surface area contributed by atoms with E-state index in [-0.39, 0.29) is 30.2 Å². The summed E-state index contributed by atoms with van der Waals surface area (Å²) in [6.45, 7) is 3.80. The molecule has 0 unspecified atom stereocenters. The number of carbonyl (C=O) groups excluding carboxylic acids is 2. The SMILES string of the molecule is C[C@@H](C(=O)NCCc1ccc(F)cc1)N1CCNC(=O)C1. The second-order valence-electron chi connectivity index (χ2n) is 5.16. The van der Waals surface area contributed by atoms with Crippen molar-refractivity contribution in [3.8, 4) is 0 Å². The third-order valence-corrected chi connectivity index (χ3v) is 3.62. The van der Waals surface area contributed by atoms with Crippen LogP contribution in [0.25, 0.3) is 0 Å². The van der Waals surface area contributed by atoms with Crippen molar-refractivity contribution in [2.45, 2.75) is 19.4 Å². The van der Waals surface area contributed by atoms with E-state index in [0.717, 1.165) is 5.56 Å². The number of amides is 2. The number of piperazine rings is 1. The van der Waals surface area contributed by atoms with E-state index in [0.29, 0.717) is 26.1 Å². The van der Waals surface area contributed by atoms with Gasteiger partial charge in [0.2, 0.25) is 11.8 Å². The van der Waals surface area contributed by atoms with Crippen molar-refractivity contribution >= 4 is 11.8 Å². The van der Waals surface area contributed by atoms with Gasteiger partial charge in [0.1, 0.15) is 5.82 Å². The smallest absolute Gasteiger partial charge is 0.237 e. The lowest BCUT2D eigenvalue weighted by atomic mass is 10.1. The topological polar surface area (TPSA) is 61.4 Å². The summed E-state index contributed by atoms with van der Waals surface area (Å²) in [5.41, 5.74) is 0.974. The molecule has 2 amide bonds. The molecule has 0 bridgehead atoms. The minimum Gasteiger partial charge on any atom is -0.354 e. The average Bonchev–Trinajstić information content (AvgIpc) is 2.48. The first kappa shape index (κ1) is 15.4. The van der Waals surface area contributed by atoms with Crippen LogP contribution >= 0.6 is 0 Å². The number of benzene rings is 1. The van der Waals surface area contributed by atoms with E-state index < -0.39 is 0 Å². The minimum absolute atomic E-state index is 0.0489. The van der Waals surface area contributed by atoms with Crippen molar-refractivity contribution < 1.29 is 14.0 Å². The summed E-state index contributed by atoms with van der Waals surface area (Å²) in [4.78, 5) is 25.2. The van der Waals surface area contributed by atoms with Gasteiger partial charge in [0.15, 0.2) is 0 Å². The maximum atomic E-state index is 12.8. The molecule has 1 aromatic carbocycles. The molecule has 1 heterocycles. The molecule has 21 heavy (non-hydrogen) atoms. The lowest BCUT2D eigenvalue weighted by Gasteiger charge is -2.31. The van der Waals surface area contributed by atoms with E-state index in [1.165, 1.54) is 12.1 Å². The molecule has 5 nitrogen and oxygen atoms in total. The third kappa shape index (κ3) is 4.53. The minimum atomic E-state index is -0.329. The predicted octanol–water partition coefficient (Wildman–Crippen LogP) is 0.305. The summed E-state index contributed by atoms with van der Waals surface area (Å²) in [7, 11) is 0. The van der Waals surface area contributed by atoms with Gasteiger partial charge in [-0.1, -0.05) is 12.1 Å². The quantitative estimate of drug-likeness (QED) is 0.821. The zero-order valence-electron chi connectivity index (χ0n) is 12.1. The van der Waals surface area contributed by atoms with Crippen molar-refractivity contribution in [1.29, 1.82) is 0 Å². The monoisotopic (exact) mass is 293 g/mol. The normalized spacial score (nSPS) is 17.1. The van der Waals surface area contributed by atoms with E-state index in [1.54, 1.807) is 19.1 Å². The maximum absolute atomic E-state index is 12.8. The molecule has 1 saturated heterocycles. The molecule has 2 N–H and O–H groups in total. The van der Waals surface area contributed by atoms with E-state index in [1.807, 2.05) is 4.90 Å². The molecule has 1 aromatic rings. The zero-order chi connectivity index (χ0) is 15.2. The Balaban J connectivity index is 1.75. The van der Waals surface area contributed by atoms with Crippen molar-refractivity contribution in [2.24, 2.45) is 0 Å². The van der Waals surface area contributed by atoms with Crippen LogP contribution in [-0.4, -0.2) is 48.9 Å². The van der Waals surface area contributed by atoms with Crippen molar-refractivity contribution in [3.63, 3.8) is 0 Å². The Morgan fingerprint density at radius 3 is 2.81 bits per heavy atom. The second-order valence-corrected chi connectivity index (χ2v) is 5.16. The Kier molecular flexibility index (Phi) is 5.27. The molecule has 0 aliphatic carbocycles. The van der Waals surface area contributed by atoms with Crippen LogP contribution in [0.2, 0.25) is 0 Å². The number of hydrogen-bond donors (Lipinski definition) is 2. The molecule has 1 aliphatic heterocycles. The number of rotatable bonds is 5. The molecular formula is C15H20FN3O2. The van der Waals surface area contributed by atoms with E-state index in [2.05, 4.69) is 10.6 Å². The molecule has 1 aliphatic rings. The fraction of sp³-hybridized carbons (Fsp3) is 0.467. The zero-order valence-corrected chi connectivity index (χ0v) is 12.1. The Hall–Kier alpha value is -1.95. The van der Waals surface area contributed by atoms with E-state index in [4.69, 9.17) is 0 Å². The standard InChI is InChI=1S/C15H20FN3O2/c1-11(19-9-8-17-14(20)10-19)15(21)18-7-6-12-2-4-13(16)5-3-12/h2-5,11H,6-10H2,1H3,(H,17,20)(H,18,21)/t11-/m0/s1. The molecule has 0 saturated carbocycles. The van der Waals surface area contributed by atoms with Gasteiger partial charge in [-0.25, -0.2) is 4.39 Å². The molecule has 2 rings (SSSR count). The van der Waals surface area contributed by atoms with Crippen LogP contribution in [-0.2, 0) is 16.0 Å². The molecule has 114 valence electrons. The highest BCUT2D eigenvalue weighted by Crippen LogP contribution is 2.04. The number of nitrogens with zero attached hydrogens (tertiary/aromatic N) is 1. The highest BCUT2D eigenvalue weighted by Gasteiger charge is 2.25. The van der Waals surface area contributed by atoms with Gasteiger partial charge < -0.3 is 10.6 Å². The van der Waals surface area contributed by atoms with Crippen LogP contribution in [0.15, 0.2) is 24.3 Å². The lowest BCUT2D eigenvalue weighted by molar-refractivity contribution is -0.130. The highest BCUT2D eigenvalue weighted by molar-refractivity contribution is 5.83. The van der Waals surface area contributed by atoms with Crippen LogP contribution in [0, 0.1) is 5.82 Å². The highest BCUT2D eigenvalue weighted by atomic mass is 19.1. The maximum Gasteiger partial charge on any atom is 0.237 e. The summed E-state index contributed by atoms with van der Waals surface area (Å²) in [6, 6.07) is 5.90. The predicted molar refractivity (Wildman–Crippen MR) is 77.2 cm³/mol. The Labute approximate surface area is 123 Å². The van der Waals surface area contributed by atoms with Crippen LogP contribution in [0.4, 0.5) is 4.39 Å². The van der Waals surface area contributed by atoms with E-state index in [9.17, 15) is 14.0 Å². The van der Waals surface area contributed by atoms with Crippen LogP contribution in [0.1, 0.15) is 12.5 Å². The van der Waals surface area contributed by atoms with Gasteiger partial charge in [0.05, 0.1) is 12.6 Å². The molecule has 1 fully saturated rings. The molecule has 1 atom stereocenters. The number of hydrogen-bond acceptors (Lipinski definition) is 3. The van der Waals surface area contributed by atoms with Crippen LogP contribution < -0.4 is 10.6 Å². The van der Waals surface area contributed by atoms with Gasteiger partial charge in [-0.3, -0.25) is 14.5 Å². The van der Waals surface area contributed by atoms with E-state index >= 15 is 0 Å². The third-order valence-electron chi connectivity index (χ3n) is 3.62. The molecular weight excluding hydrogens is 273 g/mol. The Bertz CT molecular complexity index is 504. The summed E-state index contributed by atoms with van der Waals surface area (Å²) in [5, 5.41) is 5.58. The van der Waals surface area contributed by atoms with Crippen molar-refractivity contribution in [1.82, 2.24) is 15.5 Å². The number of halogens is 1. The van der Waals surface area contributed by atoms with Crippen LogP contribution in [0.3, 0.4) is 0 Å². The summed E-state index contributed by atoms with van der Waals surface area (Å²) in [6.07, 6.45) is 0.652. The van der Waals surface area contributed by atoms with Crippen molar-refractivity contribution in [2.75, 3.05) is 26.2 Å². The van der Waals surface area contributed by atoms with Gasteiger partial charge in [-0.15, -0.1) is 0 Å². The first-order valence-corrected chi connectivity index (χ1v) is 7.09. The molecule has 0 aromatic heterocycles. The first-order chi connectivity index (χ1) is 10.1. The van der Waals surface area contributed by atoms with Crippen molar-refractivity contribution in [3.05, 3.63) is 35.6 Å². The molecule has 0 radical (unpaired) electrons.